The fourth-order valence-corrected chi connectivity index (χ4v) is 0.482. The van der Waals surface area contributed by atoms with Gasteiger partial charge >= 0.3 is 0 Å². The van der Waals surface area contributed by atoms with E-state index in [9.17, 15) is 0 Å². The molecule has 0 saturated heterocycles. The Kier molecular flexibility index (Phi) is 5.99. The van der Waals surface area contributed by atoms with Gasteiger partial charge in [-0.3, -0.25) is 0 Å². The maximum absolute atomic E-state index is 8.96. The minimum absolute atomic E-state index is 0.267. The third-order valence-electron chi connectivity index (χ3n) is 1.13. The average molecular weight is 132 g/mol. The summed E-state index contributed by atoms with van der Waals surface area (Å²) in [5.74, 6) is 0. The molecule has 0 rings (SSSR count). The van der Waals surface area contributed by atoms with Crippen molar-refractivity contribution in [1.29, 1.82) is 0 Å². The average Bonchev–Trinajstić information content (AvgIpc) is 1.89. The summed E-state index contributed by atoms with van der Waals surface area (Å²) in [4.78, 5) is 0. The van der Waals surface area contributed by atoms with Crippen LogP contribution in [0, 0.1) is 0 Å². The van der Waals surface area contributed by atoms with Crippen molar-refractivity contribution in [3.8, 4) is 0 Å². The summed E-state index contributed by atoms with van der Waals surface area (Å²) in [6.07, 6.45) is 1.54. The van der Waals surface area contributed by atoms with Crippen molar-refractivity contribution in [2.24, 2.45) is 0 Å². The number of aliphatic hydroxyl groups is 1. The lowest BCUT2D eigenvalue weighted by Crippen LogP contribution is -2.13. The van der Waals surface area contributed by atoms with Gasteiger partial charge in [0, 0.05) is 6.61 Å². The van der Waals surface area contributed by atoms with Crippen LogP contribution in [0.2, 0.25) is 0 Å². The van der Waals surface area contributed by atoms with Crippen molar-refractivity contribution < 1.29 is 9.84 Å². The summed E-state index contributed by atoms with van der Waals surface area (Å²) >= 11 is 0. The predicted molar refractivity (Wildman–Crippen MR) is 37.4 cm³/mol. The highest BCUT2D eigenvalue weighted by molar-refractivity contribution is 4.47. The molecule has 1 atom stereocenters. The zero-order chi connectivity index (χ0) is 7.11. The summed E-state index contributed by atoms with van der Waals surface area (Å²) in [6.45, 7) is 5.25. The van der Waals surface area contributed by atoms with E-state index in [1.165, 1.54) is 0 Å². The Morgan fingerprint density at radius 3 is 2.56 bits per heavy atom. The van der Waals surface area contributed by atoms with Crippen LogP contribution in [0.4, 0.5) is 0 Å². The fourth-order valence-electron chi connectivity index (χ4n) is 0.482. The van der Waals surface area contributed by atoms with Crippen molar-refractivity contribution >= 4 is 0 Å². The molecule has 1 unspecified atom stereocenters. The van der Waals surface area contributed by atoms with Crippen molar-refractivity contribution in [1.82, 2.24) is 0 Å². The van der Waals surface area contributed by atoms with Gasteiger partial charge in [-0.1, -0.05) is 13.8 Å². The molecule has 0 saturated carbocycles. The maximum Gasteiger partial charge on any atom is 0.0771 e. The molecule has 0 heterocycles. The number of rotatable bonds is 5. The minimum Gasteiger partial charge on any atom is -0.391 e. The zero-order valence-corrected chi connectivity index (χ0v) is 6.26. The molecular formula is C7H16O2. The predicted octanol–water partition coefficient (Wildman–Crippen LogP) is 1.18. The monoisotopic (exact) mass is 132 g/mol. The molecule has 0 aliphatic rings. The van der Waals surface area contributed by atoms with Gasteiger partial charge in [-0.2, -0.15) is 0 Å². The molecule has 0 bridgehead atoms. The van der Waals surface area contributed by atoms with Crippen molar-refractivity contribution in [2.75, 3.05) is 13.2 Å². The van der Waals surface area contributed by atoms with Gasteiger partial charge in [0.1, 0.15) is 0 Å². The highest BCUT2D eigenvalue weighted by Gasteiger charge is 1.97. The lowest BCUT2D eigenvalue weighted by Gasteiger charge is -2.06. The Bertz CT molecular complexity index is 54.9. The first-order valence-electron chi connectivity index (χ1n) is 3.57. The molecule has 0 amide bonds. The first-order valence-corrected chi connectivity index (χ1v) is 3.57. The van der Waals surface area contributed by atoms with Gasteiger partial charge in [0.25, 0.3) is 0 Å². The quantitative estimate of drug-likeness (QED) is 0.569. The van der Waals surface area contributed by atoms with Crippen LogP contribution < -0.4 is 0 Å². The van der Waals surface area contributed by atoms with Gasteiger partial charge in [-0.15, -0.1) is 0 Å². The Morgan fingerprint density at radius 1 is 1.44 bits per heavy atom. The van der Waals surface area contributed by atoms with E-state index in [2.05, 4.69) is 6.92 Å². The van der Waals surface area contributed by atoms with Crippen LogP contribution in [-0.4, -0.2) is 24.4 Å². The van der Waals surface area contributed by atoms with Gasteiger partial charge in [0.15, 0.2) is 0 Å². The van der Waals surface area contributed by atoms with Gasteiger partial charge in [0.05, 0.1) is 12.7 Å². The number of hydrogen-bond donors (Lipinski definition) is 1. The Hall–Kier alpha value is -0.0800. The van der Waals surface area contributed by atoms with Crippen molar-refractivity contribution in [2.45, 2.75) is 32.8 Å². The van der Waals surface area contributed by atoms with Crippen LogP contribution >= 0.6 is 0 Å². The minimum atomic E-state index is -0.267. The molecule has 0 spiro atoms. The van der Waals surface area contributed by atoms with Crippen LogP contribution in [0.15, 0.2) is 0 Å². The molecule has 9 heavy (non-hydrogen) atoms. The summed E-state index contributed by atoms with van der Waals surface area (Å²) < 4.78 is 5.09. The standard InChI is InChI=1S/C7H16O2/c1-3-5-9-6-7(8)4-2/h7-8H,3-6H2,1-2H3. The lowest BCUT2D eigenvalue weighted by molar-refractivity contribution is 0.0354. The Balaban J connectivity index is 2.88. The molecule has 0 aromatic heterocycles. The Morgan fingerprint density at radius 2 is 2.11 bits per heavy atom. The molecule has 2 nitrogen and oxygen atoms in total. The molecule has 1 N–H and O–H groups in total. The van der Waals surface area contributed by atoms with E-state index in [4.69, 9.17) is 9.84 Å². The molecule has 0 fully saturated rings. The van der Waals surface area contributed by atoms with Gasteiger partial charge in [-0.25, -0.2) is 0 Å². The van der Waals surface area contributed by atoms with Crippen LogP contribution in [0.5, 0.6) is 0 Å². The maximum atomic E-state index is 8.96. The third-order valence-corrected chi connectivity index (χ3v) is 1.13. The van der Waals surface area contributed by atoms with E-state index in [0.29, 0.717) is 6.61 Å². The van der Waals surface area contributed by atoms with E-state index >= 15 is 0 Å². The summed E-state index contributed by atoms with van der Waals surface area (Å²) in [5.41, 5.74) is 0. The second-order valence-corrected chi connectivity index (χ2v) is 2.14. The van der Waals surface area contributed by atoms with Gasteiger partial charge in [0.2, 0.25) is 0 Å². The van der Waals surface area contributed by atoms with Crippen molar-refractivity contribution in [3.63, 3.8) is 0 Å². The molecular weight excluding hydrogens is 116 g/mol. The van der Waals surface area contributed by atoms with E-state index < -0.39 is 0 Å². The number of ether oxygens (including phenoxy) is 1. The number of aliphatic hydroxyl groups excluding tert-OH is 1. The van der Waals surface area contributed by atoms with E-state index in [1.807, 2.05) is 6.92 Å². The molecule has 56 valence electrons. The van der Waals surface area contributed by atoms with E-state index in [-0.39, 0.29) is 6.10 Å². The molecule has 0 aromatic rings. The molecule has 0 aromatic carbocycles. The van der Waals surface area contributed by atoms with E-state index in [0.717, 1.165) is 19.4 Å². The molecule has 0 radical (unpaired) electrons. The van der Waals surface area contributed by atoms with Crippen LogP contribution in [0.1, 0.15) is 26.7 Å². The largest absolute Gasteiger partial charge is 0.391 e. The third kappa shape index (κ3) is 5.80. The lowest BCUT2D eigenvalue weighted by atomic mass is 10.3. The number of hydrogen-bond acceptors (Lipinski definition) is 2. The summed E-state index contributed by atoms with van der Waals surface area (Å²) in [7, 11) is 0. The first kappa shape index (κ1) is 8.92. The summed E-state index contributed by atoms with van der Waals surface area (Å²) in [6, 6.07) is 0. The van der Waals surface area contributed by atoms with Crippen LogP contribution in [-0.2, 0) is 4.74 Å². The smallest absolute Gasteiger partial charge is 0.0771 e. The van der Waals surface area contributed by atoms with Crippen LogP contribution in [0.3, 0.4) is 0 Å². The second kappa shape index (κ2) is 6.05. The SMILES string of the molecule is CCCOCC(O)CC. The molecule has 0 aliphatic carbocycles. The Labute approximate surface area is 56.8 Å². The first-order chi connectivity index (χ1) is 4.31. The highest BCUT2D eigenvalue weighted by Crippen LogP contribution is 1.90. The topological polar surface area (TPSA) is 29.5 Å². The highest BCUT2D eigenvalue weighted by atomic mass is 16.5. The van der Waals surface area contributed by atoms with E-state index in [1.54, 1.807) is 0 Å². The van der Waals surface area contributed by atoms with Gasteiger partial charge in [-0.05, 0) is 12.8 Å². The van der Waals surface area contributed by atoms with Crippen molar-refractivity contribution in [3.05, 3.63) is 0 Å². The zero-order valence-electron chi connectivity index (χ0n) is 6.26. The van der Waals surface area contributed by atoms with Crippen LogP contribution in [0.25, 0.3) is 0 Å². The fraction of sp³-hybridized carbons (Fsp3) is 1.00. The summed E-state index contributed by atoms with van der Waals surface area (Å²) in [5, 5.41) is 8.96. The molecule has 0 aliphatic heterocycles. The normalized spacial score (nSPS) is 13.7. The second-order valence-electron chi connectivity index (χ2n) is 2.14. The molecule has 2 heteroatoms. The van der Waals surface area contributed by atoms with Gasteiger partial charge < -0.3 is 9.84 Å².